The Morgan fingerprint density at radius 2 is 1.81 bits per heavy atom. The molecule has 7 heterocycles. The summed E-state index contributed by atoms with van der Waals surface area (Å²) in [6.45, 7) is 3.58. The fourth-order valence-electron chi connectivity index (χ4n) is 9.97. The zero-order valence-electron chi connectivity index (χ0n) is 34.5. The molecule has 16 nitrogen and oxygen atoms in total. The molecule has 1 saturated carbocycles. The van der Waals surface area contributed by atoms with Gasteiger partial charge in [0.15, 0.2) is 11.3 Å². The molecule has 332 valence electrons. The molecule has 0 spiro atoms. The Kier molecular flexibility index (Phi) is 12.5. The van der Waals surface area contributed by atoms with Crippen molar-refractivity contribution in [3.8, 4) is 0 Å². The number of hydrogen-bond acceptors (Lipinski definition) is 11. The molecule has 0 bridgehead atoms. The van der Waals surface area contributed by atoms with Crippen molar-refractivity contribution in [3.63, 3.8) is 0 Å². The molecule has 0 radical (unpaired) electrons. The van der Waals surface area contributed by atoms with Gasteiger partial charge in [0.2, 0.25) is 11.8 Å². The second kappa shape index (κ2) is 17.8. The van der Waals surface area contributed by atoms with Crippen LogP contribution in [0.1, 0.15) is 102 Å². The van der Waals surface area contributed by atoms with Gasteiger partial charge >= 0.3 is 0 Å². The number of hydrogen-bond donors (Lipinski definition) is 3. The predicted molar refractivity (Wildman–Crippen MR) is 226 cm³/mol. The van der Waals surface area contributed by atoms with E-state index in [-0.39, 0.29) is 72.6 Å². The minimum atomic E-state index is -2.90. The van der Waals surface area contributed by atoms with E-state index in [4.69, 9.17) is 5.73 Å². The van der Waals surface area contributed by atoms with E-state index >= 15 is 0 Å². The van der Waals surface area contributed by atoms with Crippen LogP contribution < -0.4 is 26.2 Å². The smallest absolute Gasteiger partial charge is 0.284 e. The fraction of sp³-hybridized carbons (Fsp3) is 0.548. The van der Waals surface area contributed by atoms with Crippen molar-refractivity contribution in [2.24, 2.45) is 11.7 Å². The number of nitrogens with two attached hydrogens (primary N) is 1. The number of carbonyl (C=O) groups excluding carboxylic acids is 4. The SMILES string of the molecule is CN(CC1CCC(n2cc(NC(=O)c3cnn4ccc(N5C[C@H](N)C[C@@H](F)C5)nc34)c(C(F)F)n2)CC1)C1CCN(c2ccc3c(c2)CN(C2CCC(=O)NC2=O)C3=O)CC1.Cl. The number of nitrogens with one attached hydrogen (secondary N) is 2. The molecule has 1 unspecified atom stereocenters. The van der Waals surface area contributed by atoms with Gasteiger partial charge in [-0.25, -0.2) is 22.7 Å². The summed E-state index contributed by atoms with van der Waals surface area (Å²) < 4.78 is 45.9. The molecule has 5 aliphatic rings. The first-order valence-electron chi connectivity index (χ1n) is 21.3. The number of imide groups is 1. The lowest BCUT2D eigenvalue weighted by atomic mass is 9.85. The number of rotatable bonds is 10. The molecule has 3 atom stereocenters. The van der Waals surface area contributed by atoms with Crippen LogP contribution in [0.4, 0.5) is 30.4 Å². The van der Waals surface area contributed by atoms with Crippen molar-refractivity contribution in [3.05, 3.63) is 65.2 Å². The van der Waals surface area contributed by atoms with E-state index in [2.05, 4.69) is 48.7 Å². The highest BCUT2D eigenvalue weighted by Gasteiger charge is 2.40. The summed E-state index contributed by atoms with van der Waals surface area (Å²) in [6.07, 6.45) is 6.63. The van der Waals surface area contributed by atoms with Crippen LogP contribution in [0, 0.1) is 5.92 Å². The molecule has 4 N–H and O–H groups in total. The highest BCUT2D eigenvalue weighted by molar-refractivity contribution is 6.08. The number of amides is 4. The summed E-state index contributed by atoms with van der Waals surface area (Å²) in [5, 5.41) is 13.5. The monoisotopic (exact) mass is 880 g/mol. The Bertz CT molecular complexity index is 2320. The van der Waals surface area contributed by atoms with E-state index in [1.54, 1.807) is 26.7 Å². The molecule has 1 aromatic carbocycles. The third-order valence-electron chi connectivity index (χ3n) is 13.3. The number of benzene rings is 1. The zero-order valence-corrected chi connectivity index (χ0v) is 35.3. The lowest BCUT2D eigenvalue weighted by Gasteiger charge is -2.40. The van der Waals surface area contributed by atoms with Crippen molar-refractivity contribution in [1.29, 1.82) is 0 Å². The van der Waals surface area contributed by atoms with Gasteiger partial charge in [-0.1, -0.05) is 0 Å². The summed E-state index contributed by atoms with van der Waals surface area (Å²) in [6, 6.07) is 6.93. The number of anilines is 3. The van der Waals surface area contributed by atoms with E-state index < -0.39 is 36.1 Å². The van der Waals surface area contributed by atoms with Gasteiger partial charge in [-0.05, 0) is 94.2 Å². The Balaban J connectivity index is 0.00000529. The number of fused-ring (bicyclic) bond motifs is 2. The van der Waals surface area contributed by atoms with Gasteiger partial charge in [-0.15, -0.1) is 12.4 Å². The maximum atomic E-state index is 14.3. The molecular weight excluding hydrogens is 829 g/mol. The van der Waals surface area contributed by atoms with Crippen LogP contribution in [-0.4, -0.2) is 122 Å². The molecule has 3 saturated heterocycles. The van der Waals surface area contributed by atoms with Crippen molar-refractivity contribution in [2.75, 3.05) is 54.9 Å². The van der Waals surface area contributed by atoms with E-state index in [0.717, 1.165) is 69.4 Å². The van der Waals surface area contributed by atoms with Gasteiger partial charge < -0.3 is 30.7 Å². The number of aromatic nitrogens is 5. The molecule has 4 fully saturated rings. The minimum Gasteiger partial charge on any atom is -0.371 e. The van der Waals surface area contributed by atoms with Crippen LogP contribution in [0.3, 0.4) is 0 Å². The Morgan fingerprint density at radius 3 is 2.53 bits per heavy atom. The Hall–Kier alpha value is -5.27. The van der Waals surface area contributed by atoms with Gasteiger partial charge in [-0.2, -0.15) is 10.2 Å². The van der Waals surface area contributed by atoms with Gasteiger partial charge in [0, 0.05) is 74.9 Å². The van der Waals surface area contributed by atoms with E-state index in [9.17, 15) is 32.3 Å². The molecule has 20 heteroatoms. The summed E-state index contributed by atoms with van der Waals surface area (Å²) in [5.74, 6) is -0.639. The van der Waals surface area contributed by atoms with E-state index in [1.807, 2.05) is 12.1 Å². The molecule has 62 heavy (non-hydrogen) atoms. The second-order valence-corrected chi connectivity index (χ2v) is 17.3. The third-order valence-corrected chi connectivity index (χ3v) is 13.3. The predicted octanol–water partition coefficient (Wildman–Crippen LogP) is 4.51. The quantitative estimate of drug-likeness (QED) is 0.191. The lowest BCUT2D eigenvalue weighted by Crippen LogP contribution is -2.52. The third kappa shape index (κ3) is 8.70. The van der Waals surface area contributed by atoms with Gasteiger partial charge in [0.1, 0.15) is 23.6 Å². The maximum Gasteiger partial charge on any atom is 0.284 e. The fourth-order valence-corrected chi connectivity index (χ4v) is 9.97. The average molecular weight is 881 g/mol. The van der Waals surface area contributed by atoms with Crippen molar-refractivity contribution in [2.45, 2.75) is 101 Å². The zero-order chi connectivity index (χ0) is 42.5. The number of halogens is 4. The molecule has 4 aliphatic heterocycles. The molecule has 4 aromatic rings. The topological polar surface area (TPSA) is 179 Å². The largest absolute Gasteiger partial charge is 0.371 e. The number of piperidine rings is 3. The van der Waals surface area contributed by atoms with Crippen molar-refractivity contribution >= 4 is 58.9 Å². The Morgan fingerprint density at radius 1 is 1.03 bits per heavy atom. The van der Waals surface area contributed by atoms with Crippen LogP contribution in [0.15, 0.2) is 42.9 Å². The van der Waals surface area contributed by atoms with Crippen LogP contribution in [-0.2, 0) is 16.1 Å². The first-order chi connectivity index (χ1) is 29.4. The number of carbonyl (C=O) groups is 4. The summed E-state index contributed by atoms with van der Waals surface area (Å²) >= 11 is 0. The van der Waals surface area contributed by atoms with Crippen molar-refractivity contribution < 1.29 is 32.3 Å². The molecular formula is C42H52ClF3N12O4. The summed E-state index contributed by atoms with van der Waals surface area (Å²) in [4.78, 5) is 63.5. The first-order valence-corrected chi connectivity index (χ1v) is 21.3. The molecule has 3 aromatic heterocycles. The van der Waals surface area contributed by atoms with Gasteiger partial charge in [0.05, 0.1) is 24.5 Å². The highest BCUT2D eigenvalue weighted by atomic mass is 35.5. The summed E-state index contributed by atoms with van der Waals surface area (Å²) in [7, 11) is 2.18. The summed E-state index contributed by atoms with van der Waals surface area (Å²) in [5.41, 5.74) is 8.34. The first kappa shape index (κ1) is 43.4. The van der Waals surface area contributed by atoms with Crippen molar-refractivity contribution in [1.82, 2.24) is 39.5 Å². The molecule has 4 amide bonds. The Labute approximate surface area is 362 Å². The van der Waals surface area contributed by atoms with Crippen LogP contribution >= 0.6 is 12.4 Å². The van der Waals surface area contributed by atoms with Gasteiger partial charge in [0.25, 0.3) is 18.2 Å². The second-order valence-electron chi connectivity index (χ2n) is 17.3. The van der Waals surface area contributed by atoms with Gasteiger partial charge in [-0.3, -0.25) is 29.2 Å². The van der Waals surface area contributed by atoms with Crippen LogP contribution in [0.5, 0.6) is 0 Å². The lowest BCUT2D eigenvalue weighted by molar-refractivity contribution is -0.136. The maximum absolute atomic E-state index is 14.3. The van der Waals surface area contributed by atoms with Crippen LogP contribution in [0.2, 0.25) is 0 Å². The average Bonchev–Trinajstić information content (AvgIpc) is 3.96. The van der Waals surface area contributed by atoms with E-state index in [0.29, 0.717) is 42.9 Å². The molecule has 9 rings (SSSR count). The highest BCUT2D eigenvalue weighted by Crippen LogP contribution is 2.37. The minimum absolute atomic E-state index is 0. The molecule has 1 aliphatic carbocycles. The normalized spacial score (nSPS) is 24.8. The standard InChI is InChI=1S/C42H51F3N12O4.ClH/c1-52(28-10-13-53(14-11-28)30-6-7-31-25(16-30)20-55(42(31)61)34-8-9-36(58)50-41(34)60)19-24-2-4-29(5-3-24)57-23-33(37(51-57)38(44)45)48-40(59)32-18-47-56-15-12-35(49-39(32)56)54-21-26(43)17-27(46)22-54;/h6-7,12,15-16,18,23-24,26-29,34,38H,2-5,8-11,13-14,17,19-22,46H2,1H3,(H,48,59)(H,50,58,60);1H/t24?,26-,27-,29?,34?;/m1./s1. The van der Waals surface area contributed by atoms with E-state index in [1.165, 1.54) is 16.9 Å². The number of alkyl halides is 3. The van der Waals surface area contributed by atoms with Crippen LogP contribution in [0.25, 0.3) is 5.65 Å². The number of nitrogens with zero attached hydrogens (tertiary/aromatic N) is 9.